The second-order valence-corrected chi connectivity index (χ2v) is 5.33. The van der Waals surface area contributed by atoms with Crippen LogP contribution in [-0.2, 0) is 9.53 Å². The Bertz CT molecular complexity index is 211. The molecule has 0 heterocycles. The highest BCUT2D eigenvalue weighted by molar-refractivity contribution is 5.67. The minimum atomic E-state index is -0.706. The summed E-state index contributed by atoms with van der Waals surface area (Å²) in [5.41, 5.74) is -0.236. The standard InChI is InChI=1S/C11H20O3/c1-10(2,3)14-8-11(5-4-6-11)7-9(12)13/h4-8H2,1-3H3,(H,12,13). The summed E-state index contributed by atoms with van der Waals surface area (Å²) in [4.78, 5) is 10.7. The van der Waals surface area contributed by atoms with Crippen molar-refractivity contribution in [3.63, 3.8) is 0 Å². The Morgan fingerprint density at radius 2 is 2.00 bits per heavy atom. The Morgan fingerprint density at radius 1 is 1.43 bits per heavy atom. The molecule has 0 bridgehead atoms. The molecule has 0 radical (unpaired) electrons. The third-order valence-electron chi connectivity index (χ3n) is 2.75. The molecule has 1 N–H and O–H groups in total. The summed E-state index contributed by atoms with van der Waals surface area (Å²) in [5, 5.41) is 8.79. The molecule has 0 aromatic rings. The van der Waals surface area contributed by atoms with E-state index in [2.05, 4.69) is 0 Å². The van der Waals surface area contributed by atoms with E-state index in [4.69, 9.17) is 9.84 Å². The van der Waals surface area contributed by atoms with Crippen molar-refractivity contribution in [3.8, 4) is 0 Å². The largest absolute Gasteiger partial charge is 0.481 e. The number of carboxylic acids is 1. The summed E-state index contributed by atoms with van der Waals surface area (Å²) in [6.45, 7) is 6.59. The van der Waals surface area contributed by atoms with Crippen LogP contribution in [0.3, 0.4) is 0 Å². The number of rotatable bonds is 4. The van der Waals surface area contributed by atoms with Crippen LogP contribution in [0, 0.1) is 5.41 Å². The molecule has 1 rings (SSSR count). The molecule has 82 valence electrons. The molecule has 0 atom stereocenters. The third kappa shape index (κ3) is 3.29. The lowest BCUT2D eigenvalue weighted by Crippen LogP contribution is -2.39. The molecule has 0 spiro atoms. The Balaban J connectivity index is 2.42. The zero-order valence-corrected chi connectivity index (χ0v) is 9.30. The van der Waals surface area contributed by atoms with Crippen LogP contribution in [0.5, 0.6) is 0 Å². The van der Waals surface area contributed by atoms with E-state index in [0.29, 0.717) is 6.61 Å². The average Bonchev–Trinajstić information content (AvgIpc) is 1.92. The van der Waals surface area contributed by atoms with E-state index in [-0.39, 0.29) is 17.4 Å². The van der Waals surface area contributed by atoms with Crippen molar-refractivity contribution in [3.05, 3.63) is 0 Å². The molecular formula is C11H20O3. The molecule has 3 nitrogen and oxygen atoms in total. The van der Waals surface area contributed by atoms with Crippen LogP contribution in [0.4, 0.5) is 0 Å². The summed E-state index contributed by atoms with van der Waals surface area (Å²) in [6.07, 6.45) is 3.38. The fourth-order valence-electron chi connectivity index (χ4n) is 1.74. The molecule has 1 aliphatic rings. The molecule has 0 aromatic carbocycles. The lowest BCUT2D eigenvalue weighted by atomic mass is 9.67. The normalized spacial score (nSPS) is 20.2. The van der Waals surface area contributed by atoms with Crippen molar-refractivity contribution >= 4 is 5.97 Å². The zero-order chi connectivity index (χ0) is 10.8. The van der Waals surface area contributed by atoms with Gasteiger partial charge in [0.25, 0.3) is 0 Å². The molecule has 1 aliphatic carbocycles. The van der Waals surface area contributed by atoms with E-state index < -0.39 is 5.97 Å². The molecule has 0 amide bonds. The monoisotopic (exact) mass is 200 g/mol. The Morgan fingerprint density at radius 3 is 2.29 bits per heavy atom. The predicted octanol–water partition coefficient (Wildman–Crippen LogP) is 2.45. The maximum absolute atomic E-state index is 10.7. The van der Waals surface area contributed by atoms with Crippen LogP contribution >= 0.6 is 0 Å². The first-order valence-corrected chi connectivity index (χ1v) is 5.19. The van der Waals surface area contributed by atoms with Gasteiger partial charge in [0.05, 0.1) is 18.6 Å². The zero-order valence-electron chi connectivity index (χ0n) is 9.30. The fourth-order valence-corrected chi connectivity index (χ4v) is 1.74. The SMILES string of the molecule is CC(C)(C)OCC1(CC(=O)O)CCC1. The number of ether oxygens (including phenoxy) is 1. The minimum Gasteiger partial charge on any atom is -0.481 e. The molecule has 0 aliphatic heterocycles. The minimum absolute atomic E-state index is 0.0703. The van der Waals surface area contributed by atoms with Gasteiger partial charge in [0.2, 0.25) is 0 Å². The van der Waals surface area contributed by atoms with Crippen molar-refractivity contribution in [1.29, 1.82) is 0 Å². The summed E-state index contributed by atoms with van der Waals surface area (Å²) in [6, 6.07) is 0. The molecule has 0 unspecified atom stereocenters. The number of hydrogen-bond acceptors (Lipinski definition) is 2. The third-order valence-corrected chi connectivity index (χ3v) is 2.75. The maximum Gasteiger partial charge on any atom is 0.303 e. The van der Waals surface area contributed by atoms with E-state index in [1.54, 1.807) is 0 Å². The molecule has 14 heavy (non-hydrogen) atoms. The van der Waals surface area contributed by atoms with Crippen molar-refractivity contribution in [2.24, 2.45) is 5.41 Å². The Kier molecular flexibility index (Phi) is 3.20. The van der Waals surface area contributed by atoms with E-state index in [0.717, 1.165) is 19.3 Å². The number of aliphatic carboxylic acids is 1. The van der Waals surface area contributed by atoms with Crippen molar-refractivity contribution in [2.45, 2.75) is 52.1 Å². The van der Waals surface area contributed by atoms with Crippen LogP contribution < -0.4 is 0 Å². The fraction of sp³-hybridized carbons (Fsp3) is 0.909. The van der Waals surface area contributed by atoms with E-state index >= 15 is 0 Å². The van der Waals surface area contributed by atoms with Gasteiger partial charge in [-0.05, 0) is 33.6 Å². The predicted molar refractivity (Wildman–Crippen MR) is 54.2 cm³/mol. The summed E-state index contributed by atoms with van der Waals surface area (Å²) < 4.78 is 5.67. The van der Waals surface area contributed by atoms with Crippen LogP contribution in [0.1, 0.15) is 46.5 Å². The molecule has 3 heteroatoms. The first kappa shape index (κ1) is 11.5. The van der Waals surface area contributed by atoms with Gasteiger partial charge < -0.3 is 9.84 Å². The molecule has 1 saturated carbocycles. The second kappa shape index (κ2) is 3.89. The quantitative estimate of drug-likeness (QED) is 0.758. The number of carboxylic acid groups (broad SMARTS) is 1. The summed E-state index contributed by atoms with van der Waals surface area (Å²) in [7, 11) is 0. The lowest BCUT2D eigenvalue weighted by molar-refractivity contribution is -0.146. The van der Waals surface area contributed by atoms with Crippen LogP contribution in [-0.4, -0.2) is 23.3 Å². The second-order valence-electron chi connectivity index (χ2n) is 5.33. The average molecular weight is 200 g/mol. The highest BCUT2D eigenvalue weighted by Gasteiger charge is 2.40. The molecular weight excluding hydrogens is 180 g/mol. The Hall–Kier alpha value is -0.570. The van der Waals surface area contributed by atoms with Gasteiger partial charge >= 0.3 is 5.97 Å². The molecule has 0 aromatic heterocycles. The summed E-state index contributed by atoms with van der Waals surface area (Å²) >= 11 is 0. The van der Waals surface area contributed by atoms with Gasteiger partial charge in [-0.25, -0.2) is 0 Å². The number of carbonyl (C=O) groups is 1. The summed E-state index contributed by atoms with van der Waals surface area (Å²) in [5.74, 6) is -0.706. The first-order valence-electron chi connectivity index (χ1n) is 5.19. The van der Waals surface area contributed by atoms with Crippen molar-refractivity contribution < 1.29 is 14.6 Å². The topological polar surface area (TPSA) is 46.5 Å². The lowest BCUT2D eigenvalue weighted by Gasteiger charge is -2.42. The van der Waals surface area contributed by atoms with E-state index in [1.165, 1.54) is 0 Å². The van der Waals surface area contributed by atoms with Gasteiger partial charge in [0.15, 0.2) is 0 Å². The molecule has 0 saturated heterocycles. The molecule has 1 fully saturated rings. The Labute approximate surface area is 85.5 Å². The first-order chi connectivity index (χ1) is 6.33. The highest BCUT2D eigenvalue weighted by atomic mass is 16.5. The van der Waals surface area contributed by atoms with Crippen molar-refractivity contribution in [2.75, 3.05) is 6.61 Å². The maximum atomic E-state index is 10.7. The van der Waals surface area contributed by atoms with E-state index in [1.807, 2.05) is 20.8 Å². The number of hydrogen-bond donors (Lipinski definition) is 1. The van der Waals surface area contributed by atoms with Gasteiger partial charge in [-0.3, -0.25) is 4.79 Å². The van der Waals surface area contributed by atoms with Crippen LogP contribution in [0.25, 0.3) is 0 Å². The van der Waals surface area contributed by atoms with Crippen molar-refractivity contribution in [1.82, 2.24) is 0 Å². The van der Waals surface area contributed by atoms with Crippen LogP contribution in [0.15, 0.2) is 0 Å². The van der Waals surface area contributed by atoms with Gasteiger partial charge in [0, 0.05) is 5.41 Å². The van der Waals surface area contributed by atoms with Gasteiger partial charge in [-0.15, -0.1) is 0 Å². The smallest absolute Gasteiger partial charge is 0.303 e. The van der Waals surface area contributed by atoms with Gasteiger partial charge in [-0.1, -0.05) is 6.42 Å². The van der Waals surface area contributed by atoms with Crippen LogP contribution in [0.2, 0.25) is 0 Å². The van der Waals surface area contributed by atoms with E-state index in [9.17, 15) is 4.79 Å². The van der Waals surface area contributed by atoms with Gasteiger partial charge in [-0.2, -0.15) is 0 Å². The van der Waals surface area contributed by atoms with Gasteiger partial charge in [0.1, 0.15) is 0 Å². The highest BCUT2D eigenvalue weighted by Crippen LogP contribution is 2.44.